The minimum atomic E-state index is 0.0122. The highest BCUT2D eigenvalue weighted by molar-refractivity contribution is 5.76. The Morgan fingerprint density at radius 3 is 2.96 bits per heavy atom. The van der Waals surface area contributed by atoms with Crippen LogP contribution in [-0.2, 0) is 35.7 Å². The van der Waals surface area contributed by atoms with Gasteiger partial charge in [0, 0.05) is 77.1 Å². The monoisotopic (exact) mass is 373 g/mol. The number of ether oxygens (including phenoxy) is 1. The van der Waals surface area contributed by atoms with Crippen molar-refractivity contribution >= 4 is 5.91 Å². The minimum Gasteiger partial charge on any atom is -0.372 e. The van der Waals surface area contributed by atoms with Gasteiger partial charge in [-0.2, -0.15) is 5.10 Å². The summed E-state index contributed by atoms with van der Waals surface area (Å²) in [6, 6.07) is 4.33. The number of hydrogen-bond donors (Lipinski definition) is 0. The molecule has 7 heteroatoms. The van der Waals surface area contributed by atoms with Gasteiger partial charge in [-0.05, 0) is 31.4 Å². The number of nitrogens with zero attached hydrogens (tertiary/aromatic N) is 5. The van der Waals surface area contributed by atoms with Crippen LogP contribution in [-0.4, -0.2) is 63.9 Å². The van der Waals surface area contributed by atoms with Crippen molar-refractivity contribution in [2.75, 3.05) is 33.9 Å². The van der Waals surface area contributed by atoms with E-state index in [4.69, 9.17) is 4.74 Å². The Morgan fingerprint density at radius 2 is 2.22 bits per heavy atom. The highest BCUT2D eigenvalue weighted by atomic mass is 16.5. The first kappa shape index (κ1) is 19.6. The molecule has 0 saturated heterocycles. The van der Waals surface area contributed by atoms with Crippen LogP contribution >= 0.6 is 0 Å². The first-order valence-electron chi connectivity index (χ1n) is 9.70. The Balaban J connectivity index is 1.58. The maximum atomic E-state index is 11.6. The largest absolute Gasteiger partial charge is 0.372 e. The molecule has 148 valence electrons. The number of carbonyl (C=O) groups excluding carboxylic acids is 1. The lowest BCUT2D eigenvalue weighted by Crippen LogP contribution is -2.29. The SMILES string of the molecule is CCn1cc(CN2Cc3cccn3C[C@H](CCOCC(=O)N(C)C)C2)cn1. The minimum absolute atomic E-state index is 0.0122. The number of aryl methyl sites for hydroxylation is 1. The number of rotatable bonds is 8. The van der Waals surface area contributed by atoms with Crippen LogP contribution in [0.25, 0.3) is 0 Å². The Morgan fingerprint density at radius 1 is 1.37 bits per heavy atom. The molecule has 0 saturated carbocycles. The predicted octanol–water partition coefficient (Wildman–Crippen LogP) is 1.83. The van der Waals surface area contributed by atoms with Crippen LogP contribution in [0.3, 0.4) is 0 Å². The zero-order chi connectivity index (χ0) is 19.2. The molecule has 7 nitrogen and oxygen atoms in total. The molecule has 3 rings (SSSR count). The number of amides is 1. The molecule has 0 spiro atoms. The Hall–Kier alpha value is -2.12. The van der Waals surface area contributed by atoms with Crippen molar-refractivity contribution in [3.8, 4) is 0 Å². The average Bonchev–Trinajstić information content (AvgIpc) is 3.24. The van der Waals surface area contributed by atoms with Crippen LogP contribution in [0, 0.1) is 5.92 Å². The number of likely N-dealkylation sites (N-methyl/N-ethyl adjacent to an activating group) is 1. The van der Waals surface area contributed by atoms with E-state index in [0.29, 0.717) is 12.5 Å². The molecule has 2 aromatic heterocycles. The van der Waals surface area contributed by atoms with Crippen LogP contribution in [0.2, 0.25) is 0 Å². The molecule has 2 aromatic rings. The standard InChI is InChI=1S/C20H31N5O2/c1-4-25-14-18(10-21-25)12-23-11-17(7-9-27-16-20(26)22(2)3)13-24-8-5-6-19(24)15-23/h5-6,8,10,14,17H,4,7,9,11-13,15-16H2,1-3H3/t17-/m1/s1. The fourth-order valence-corrected chi connectivity index (χ4v) is 3.53. The first-order chi connectivity index (χ1) is 13.0. The quantitative estimate of drug-likeness (QED) is 0.663. The lowest BCUT2D eigenvalue weighted by atomic mass is 10.1. The van der Waals surface area contributed by atoms with Crippen molar-refractivity contribution in [2.24, 2.45) is 5.92 Å². The third kappa shape index (κ3) is 5.43. The highest BCUT2D eigenvalue weighted by Crippen LogP contribution is 2.21. The van der Waals surface area contributed by atoms with E-state index in [1.165, 1.54) is 11.3 Å². The summed E-state index contributed by atoms with van der Waals surface area (Å²) in [5.41, 5.74) is 2.60. The number of carbonyl (C=O) groups is 1. The van der Waals surface area contributed by atoms with Crippen LogP contribution in [0.5, 0.6) is 0 Å². The Kier molecular flexibility index (Phi) is 6.68. The highest BCUT2D eigenvalue weighted by Gasteiger charge is 2.22. The van der Waals surface area contributed by atoms with Gasteiger partial charge in [-0.3, -0.25) is 14.4 Å². The summed E-state index contributed by atoms with van der Waals surface area (Å²) in [5.74, 6) is 0.507. The van der Waals surface area contributed by atoms with Crippen LogP contribution in [0.15, 0.2) is 30.7 Å². The third-order valence-electron chi connectivity index (χ3n) is 5.09. The maximum Gasteiger partial charge on any atom is 0.248 e. The summed E-state index contributed by atoms with van der Waals surface area (Å²) in [7, 11) is 3.51. The van der Waals surface area contributed by atoms with E-state index in [1.54, 1.807) is 19.0 Å². The third-order valence-corrected chi connectivity index (χ3v) is 5.09. The molecule has 0 aromatic carbocycles. The molecule has 0 fully saturated rings. The summed E-state index contributed by atoms with van der Waals surface area (Å²) in [4.78, 5) is 15.7. The summed E-state index contributed by atoms with van der Waals surface area (Å²) in [5, 5.41) is 4.40. The van der Waals surface area contributed by atoms with Crippen molar-refractivity contribution in [1.29, 1.82) is 0 Å². The van der Waals surface area contributed by atoms with Crippen molar-refractivity contribution in [3.05, 3.63) is 42.0 Å². The zero-order valence-electron chi connectivity index (χ0n) is 16.7. The van der Waals surface area contributed by atoms with Gasteiger partial charge in [0.15, 0.2) is 0 Å². The molecule has 0 radical (unpaired) electrons. The topological polar surface area (TPSA) is 55.5 Å². The zero-order valence-corrected chi connectivity index (χ0v) is 16.7. The summed E-state index contributed by atoms with van der Waals surface area (Å²) in [6.07, 6.45) is 7.22. The van der Waals surface area contributed by atoms with Crippen molar-refractivity contribution in [2.45, 2.75) is 39.5 Å². The van der Waals surface area contributed by atoms with Gasteiger partial charge in [-0.15, -0.1) is 0 Å². The first-order valence-corrected chi connectivity index (χ1v) is 9.70. The molecule has 0 unspecified atom stereocenters. The van der Waals surface area contributed by atoms with Gasteiger partial charge < -0.3 is 14.2 Å². The van der Waals surface area contributed by atoms with E-state index in [9.17, 15) is 4.79 Å². The van der Waals surface area contributed by atoms with Gasteiger partial charge >= 0.3 is 0 Å². The number of fused-ring (bicyclic) bond motifs is 1. The van der Waals surface area contributed by atoms with Gasteiger partial charge in [0.2, 0.25) is 5.91 Å². The summed E-state index contributed by atoms with van der Waals surface area (Å²) < 4.78 is 9.94. The fourth-order valence-electron chi connectivity index (χ4n) is 3.53. The molecule has 1 amide bonds. The Labute approximate surface area is 161 Å². The van der Waals surface area contributed by atoms with Gasteiger partial charge in [-0.25, -0.2) is 0 Å². The van der Waals surface area contributed by atoms with E-state index in [0.717, 1.165) is 39.1 Å². The van der Waals surface area contributed by atoms with Gasteiger partial charge in [-0.1, -0.05) is 0 Å². The van der Waals surface area contributed by atoms with E-state index < -0.39 is 0 Å². The average molecular weight is 374 g/mol. The molecule has 1 aliphatic rings. The van der Waals surface area contributed by atoms with Crippen LogP contribution in [0.4, 0.5) is 0 Å². The fraction of sp³-hybridized carbons (Fsp3) is 0.600. The van der Waals surface area contributed by atoms with Gasteiger partial charge in [0.05, 0.1) is 6.20 Å². The smallest absolute Gasteiger partial charge is 0.248 e. The lowest BCUT2D eigenvalue weighted by Gasteiger charge is -2.23. The maximum absolute atomic E-state index is 11.6. The number of hydrogen-bond acceptors (Lipinski definition) is 4. The van der Waals surface area contributed by atoms with E-state index in [-0.39, 0.29) is 12.5 Å². The second-order valence-electron chi connectivity index (χ2n) is 7.52. The molecule has 3 heterocycles. The molecule has 0 aliphatic carbocycles. The predicted molar refractivity (Wildman–Crippen MR) is 104 cm³/mol. The van der Waals surface area contributed by atoms with Crippen LogP contribution < -0.4 is 0 Å². The molecular formula is C20H31N5O2. The van der Waals surface area contributed by atoms with E-state index in [1.807, 2.05) is 10.9 Å². The molecule has 1 aliphatic heterocycles. The lowest BCUT2D eigenvalue weighted by molar-refractivity contribution is -0.133. The molecule has 0 N–H and O–H groups in total. The van der Waals surface area contributed by atoms with Crippen molar-refractivity contribution in [3.63, 3.8) is 0 Å². The second-order valence-corrected chi connectivity index (χ2v) is 7.52. The molecule has 27 heavy (non-hydrogen) atoms. The normalized spacial score (nSPS) is 17.5. The van der Waals surface area contributed by atoms with Crippen LogP contribution in [0.1, 0.15) is 24.6 Å². The van der Waals surface area contributed by atoms with Crippen molar-refractivity contribution in [1.82, 2.24) is 24.1 Å². The van der Waals surface area contributed by atoms with E-state index in [2.05, 4.69) is 46.0 Å². The molecular weight excluding hydrogens is 342 g/mol. The summed E-state index contributed by atoms with van der Waals surface area (Å²) >= 11 is 0. The van der Waals surface area contributed by atoms with Gasteiger partial charge in [0.1, 0.15) is 6.61 Å². The number of aromatic nitrogens is 3. The summed E-state index contributed by atoms with van der Waals surface area (Å²) in [6.45, 7) is 7.64. The second kappa shape index (κ2) is 9.19. The van der Waals surface area contributed by atoms with Gasteiger partial charge in [0.25, 0.3) is 0 Å². The Bertz CT molecular complexity index is 736. The van der Waals surface area contributed by atoms with Crippen molar-refractivity contribution < 1.29 is 9.53 Å². The van der Waals surface area contributed by atoms with E-state index >= 15 is 0 Å². The molecule has 1 atom stereocenters. The molecule has 0 bridgehead atoms.